The van der Waals surface area contributed by atoms with E-state index in [4.69, 9.17) is 9.15 Å². The second-order valence-electron chi connectivity index (χ2n) is 5.46. The van der Waals surface area contributed by atoms with Crippen molar-refractivity contribution in [2.75, 3.05) is 18.5 Å². The number of benzene rings is 1. The minimum Gasteiger partial charge on any atom is -0.482 e. The van der Waals surface area contributed by atoms with Crippen LogP contribution in [0.15, 0.2) is 45.9 Å². The number of alkyl halides is 3. The fraction of sp³-hybridized carbons (Fsp3) is 0.267. The van der Waals surface area contributed by atoms with Crippen LogP contribution >= 0.6 is 0 Å². The normalized spacial score (nSPS) is 14.7. The molecule has 1 aliphatic rings. The van der Waals surface area contributed by atoms with Gasteiger partial charge in [-0.15, -0.1) is 0 Å². The van der Waals surface area contributed by atoms with E-state index in [0.717, 1.165) is 12.1 Å². The van der Waals surface area contributed by atoms with Crippen molar-refractivity contribution < 1.29 is 35.5 Å². The molecular weight excluding hydrogens is 377 g/mol. The van der Waals surface area contributed by atoms with Gasteiger partial charge in [-0.1, -0.05) is 0 Å². The Kier molecular flexibility index (Phi) is 4.67. The number of ether oxygens (including phenoxy) is 1. The van der Waals surface area contributed by atoms with E-state index in [0.29, 0.717) is 0 Å². The summed E-state index contributed by atoms with van der Waals surface area (Å²) in [6.07, 6.45) is -3.51. The zero-order valence-corrected chi connectivity index (χ0v) is 13.9. The van der Waals surface area contributed by atoms with Gasteiger partial charge in [0.25, 0.3) is 5.91 Å². The number of amides is 1. The molecule has 0 fully saturated rings. The Labute approximate surface area is 146 Å². The van der Waals surface area contributed by atoms with Gasteiger partial charge >= 0.3 is 6.18 Å². The molecule has 2 aromatic rings. The molecule has 0 saturated heterocycles. The highest BCUT2D eigenvalue weighted by Gasteiger charge is 2.38. The molecule has 26 heavy (non-hydrogen) atoms. The molecule has 1 N–H and O–H groups in total. The quantitative estimate of drug-likeness (QED) is 0.847. The van der Waals surface area contributed by atoms with E-state index < -0.39 is 40.1 Å². The van der Waals surface area contributed by atoms with Gasteiger partial charge in [0.2, 0.25) is 10.0 Å². The van der Waals surface area contributed by atoms with Crippen molar-refractivity contribution >= 4 is 21.6 Å². The SMILES string of the molecule is O=C1COc2ccc(S(=O)(=O)N(Cc3ccco3)CC(F)(F)F)cc2N1. The molecule has 1 aliphatic heterocycles. The van der Waals surface area contributed by atoms with Gasteiger partial charge in [-0.2, -0.15) is 17.5 Å². The number of furan rings is 1. The maximum atomic E-state index is 12.9. The number of fused-ring (bicyclic) bond motifs is 1. The number of hydrogen-bond acceptors (Lipinski definition) is 5. The van der Waals surface area contributed by atoms with Crippen molar-refractivity contribution in [3.05, 3.63) is 42.4 Å². The molecule has 2 heterocycles. The zero-order valence-electron chi connectivity index (χ0n) is 13.1. The molecule has 1 amide bonds. The second kappa shape index (κ2) is 6.65. The summed E-state index contributed by atoms with van der Waals surface area (Å²) in [4.78, 5) is 11.0. The third-order valence-electron chi connectivity index (χ3n) is 3.49. The smallest absolute Gasteiger partial charge is 0.402 e. The van der Waals surface area contributed by atoms with Crippen molar-refractivity contribution in [3.8, 4) is 5.75 Å². The van der Waals surface area contributed by atoms with E-state index in [1.807, 2.05) is 0 Å². The van der Waals surface area contributed by atoms with Crippen LogP contribution in [0.5, 0.6) is 5.75 Å². The lowest BCUT2D eigenvalue weighted by molar-refractivity contribution is -0.137. The van der Waals surface area contributed by atoms with Crippen LogP contribution in [0, 0.1) is 0 Å². The minimum atomic E-state index is -4.74. The Morgan fingerprint density at radius 3 is 2.65 bits per heavy atom. The number of hydrogen-bond donors (Lipinski definition) is 1. The third-order valence-corrected chi connectivity index (χ3v) is 5.28. The highest BCUT2D eigenvalue weighted by atomic mass is 32.2. The second-order valence-corrected chi connectivity index (χ2v) is 7.40. The Balaban J connectivity index is 1.96. The van der Waals surface area contributed by atoms with Crippen LogP contribution in [-0.4, -0.2) is 38.0 Å². The van der Waals surface area contributed by atoms with Crippen LogP contribution in [0.3, 0.4) is 0 Å². The van der Waals surface area contributed by atoms with Crippen LogP contribution in [0.4, 0.5) is 18.9 Å². The zero-order chi connectivity index (χ0) is 18.9. The fourth-order valence-corrected chi connectivity index (χ4v) is 3.79. The van der Waals surface area contributed by atoms with Gasteiger partial charge in [-0.05, 0) is 30.3 Å². The van der Waals surface area contributed by atoms with E-state index in [1.54, 1.807) is 0 Å². The average molecular weight is 390 g/mol. The number of nitrogens with zero attached hydrogens (tertiary/aromatic N) is 1. The van der Waals surface area contributed by atoms with Crippen LogP contribution in [0.2, 0.25) is 0 Å². The number of carbonyl (C=O) groups is 1. The molecule has 0 spiro atoms. The average Bonchev–Trinajstić information content (AvgIpc) is 3.05. The van der Waals surface area contributed by atoms with Gasteiger partial charge in [-0.3, -0.25) is 4.79 Å². The first kappa shape index (κ1) is 18.3. The Morgan fingerprint density at radius 1 is 1.23 bits per heavy atom. The van der Waals surface area contributed by atoms with E-state index in [-0.39, 0.29) is 28.1 Å². The largest absolute Gasteiger partial charge is 0.482 e. The molecule has 0 bridgehead atoms. The standard InChI is InChI=1S/C15H13F3N2O5S/c16-15(17,18)9-20(7-10-2-1-5-24-10)26(22,23)11-3-4-13-12(6-11)19-14(21)8-25-13/h1-6H,7-9H2,(H,19,21). The topological polar surface area (TPSA) is 88.9 Å². The van der Waals surface area contributed by atoms with Gasteiger partial charge in [0.1, 0.15) is 18.1 Å². The maximum Gasteiger partial charge on any atom is 0.402 e. The first-order valence-electron chi connectivity index (χ1n) is 7.31. The van der Waals surface area contributed by atoms with Gasteiger partial charge in [0.15, 0.2) is 6.61 Å². The molecule has 0 atom stereocenters. The molecule has 0 radical (unpaired) electrons. The summed E-state index contributed by atoms with van der Waals surface area (Å²) < 4.78 is 74.5. The van der Waals surface area contributed by atoms with Crippen LogP contribution in [0.25, 0.3) is 0 Å². The monoisotopic (exact) mass is 390 g/mol. The molecule has 140 valence electrons. The minimum absolute atomic E-state index is 0.0624. The van der Waals surface area contributed by atoms with E-state index >= 15 is 0 Å². The van der Waals surface area contributed by atoms with Crippen molar-refractivity contribution in [1.82, 2.24) is 4.31 Å². The molecule has 0 aliphatic carbocycles. The van der Waals surface area contributed by atoms with Crippen molar-refractivity contribution in [3.63, 3.8) is 0 Å². The molecule has 11 heteroatoms. The summed E-state index contributed by atoms with van der Waals surface area (Å²) in [6.45, 7) is -2.50. The molecule has 0 unspecified atom stereocenters. The lowest BCUT2D eigenvalue weighted by atomic mass is 10.2. The van der Waals surface area contributed by atoms with Crippen molar-refractivity contribution in [1.29, 1.82) is 0 Å². The molecule has 0 saturated carbocycles. The van der Waals surface area contributed by atoms with Crippen LogP contribution < -0.4 is 10.1 Å². The van der Waals surface area contributed by atoms with Crippen LogP contribution in [0.1, 0.15) is 5.76 Å². The highest BCUT2D eigenvalue weighted by Crippen LogP contribution is 2.32. The Hall–Kier alpha value is -2.53. The van der Waals surface area contributed by atoms with E-state index in [2.05, 4.69) is 5.32 Å². The van der Waals surface area contributed by atoms with Crippen molar-refractivity contribution in [2.45, 2.75) is 17.6 Å². The maximum absolute atomic E-state index is 12.9. The van der Waals surface area contributed by atoms with Gasteiger partial charge < -0.3 is 14.5 Å². The number of carbonyl (C=O) groups excluding carboxylic acids is 1. The van der Waals surface area contributed by atoms with E-state index in [1.165, 1.54) is 24.5 Å². The summed E-state index contributed by atoms with van der Waals surface area (Å²) in [5.74, 6) is -0.195. The Morgan fingerprint density at radius 2 is 2.00 bits per heavy atom. The summed E-state index contributed by atoms with van der Waals surface area (Å²) in [5.41, 5.74) is 0.0762. The highest BCUT2D eigenvalue weighted by molar-refractivity contribution is 7.89. The number of nitrogens with one attached hydrogen (secondary N) is 1. The third kappa shape index (κ3) is 3.99. The molecular formula is C15H13F3N2O5S. The molecule has 3 rings (SSSR count). The molecule has 1 aromatic carbocycles. The molecule has 7 nitrogen and oxygen atoms in total. The lowest BCUT2D eigenvalue weighted by Gasteiger charge is -2.24. The number of anilines is 1. The summed E-state index contributed by atoms with van der Waals surface area (Å²) in [6, 6.07) is 6.28. The predicted octanol–water partition coefficient (Wildman–Crippen LogP) is 2.36. The van der Waals surface area contributed by atoms with Gasteiger partial charge in [0.05, 0.1) is 23.4 Å². The number of rotatable bonds is 5. The predicted molar refractivity (Wildman–Crippen MR) is 82.9 cm³/mol. The number of halogens is 3. The molecule has 1 aromatic heterocycles. The Bertz CT molecular complexity index is 910. The first-order chi connectivity index (χ1) is 12.1. The van der Waals surface area contributed by atoms with Crippen molar-refractivity contribution in [2.24, 2.45) is 0 Å². The van der Waals surface area contributed by atoms with E-state index in [9.17, 15) is 26.4 Å². The lowest BCUT2D eigenvalue weighted by Crippen LogP contribution is -2.38. The summed E-state index contributed by atoms with van der Waals surface area (Å²) in [7, 11) is -4.51. The van der Waals surface area contributed by atoms with Gasteiger partial charge in [0, 0.05) is 0 Å². The first-order valence-corrected chi connectivity index (χ1v) is 8.75. The van der Waals surface area contributed by atoms with Gasteiger partial charge in [-0.25, -0.2) is 8.42 Å². The summed E-state index contributed by atoms with van der Waals surface area (Å²) >= 11 is 0. The summed E-state index contributed by atoms with van der Waals surface area (Å²) in [5, 5.41) is 2.42. The number of sulfonamides is 1. The fourth-order valence-electron chi connectivity index (χ4n) is 2.37. The van der Waals surface area contributed by atoms with Crippen LogP contribution in [-0.2, 0) is 21.4 Å².